The van der Waals surface area contributed by atoms with Crippen molar-refractivity contribution in [2.45, 2.75) is 20.4 Å². The van der Waals surface area contributed by atoms with Gasteiger partial charge in [0.1, 0.15) is 0 Å². The number of aryl methyl sites for hydroxylation is 1. The van der Waals surface area contributed by atoms with E-state index >= 15 is 0 Å². The number of tetrazole rings is 1. The van der Waals surface area contributed by atoms with Crippen LogP contribution >= 0.6 is 0 Å². The summed E-state index contributed by atoms with van der Waals surface area (Å²) in [6, 6.07) is 0. The normalized spacial score (nSPS) is 12.0. The lowest BCUT2D eigenvalue weighted by Crippen LogP contribution is -2.32. The van der Waals surface area contributed by atoms with Gasteiger partial charge >= 0.3 is 0 Å². The molecule has 6 heteroatoms. The summed E-state index contributed by atoms with van der Waals surface area (Å²) in [5.41, 5.74) is -0.109. The van der Waals surface area contributed by atoms with Crippen LogP contribution < -0.4 is 5.32 Å². The third-order valence-corrected chi connectivity index (χ3v) is 1.86. The van der Waals surface area contributed by atoms with Crippen molar-refractivity contribution in [3.05, 3.63) is 5.82 Å². The van der Waals surface area contributed by atoms with E-state index in [9.17, 15) is 0 Å². The van der Waals surface area contributed by atoms with Crippen molar-refractivity contribution in [2.75, 3.05) is 13.2 Å². The number of aliphatic hydroxyl groups is 1. The molecule has 1 aromatic heterocycles. The van der Waals surface area contributed by atoms with Gasteiger partial charge in [0, 0.05) is 18.6 Å². The van der Waals surface area contributed by atoms with Crippen LogP contribution in [0.15, 0.2) is 0 Å². The molecule has 0 saturated carbocycles. The number of nitrogens with zero attached hydrogens (tertiary/aromatic N) is 4. The van der Waals surface area contributed by atoms with E-state index in [0.29, 0.717) is 12.4 Å². The van der Waals surface area contributed by atoms with E-state index in [0.717, 1.165) is 6.54 Å². The lowest BCUT2D eigenvalue weighted by atomic mass is 9.95. The Morgan fingerprint density at radius 2 is 2.21 bits per heavy atom. The van der Waals surface area contributed by atoms with Gasteiger partial charge in [-0.2, -0.15) is 4.80 Å². The lowest BCUT2D eigenvalue weighted by molar-refractivity contribution is 0.156. The maximum atomic E-state index is 9.01. The summed E-state index contributed by atoms with van der Waals surface area (Å²) >= 11 is 0. The molecule has 1 aromatic rings. The molecular formula is C8H17N5O. The van der Waals surface area contributed by atoms with Gasteiger partial charge < -0.3 is 10.4 Å². The molecule has 0 spiro atoms. The predicted octanol–water partition coefficient (Wildman–Crippen LogP) is -0.682. The average Bonchev–Trinajstić information content (AvgIpc) is 2.51. The van der Waals surface area contributed by atoms with E-state index in [4.69, 9.17) is 5.11 Å². The van der Waals surface area contributed by atoms with Gasteiger partial charge in [0.05, 0.1) is 13.6 Å². The van der Waals surface area contributed by atoms with Crippen molar-refractivity contribution < 1.29 is 5.11 Å². The summed E-state index contributed by atoms with van der Waals surface area (Å²) in [6.45, 7) is 5.45. The Morgan fingerprint density at radius 3 is 2.71 bits per heavy atom. The van der Waals surface area contributed by atoms with Gasteiger partial charge in [-0.1, -0.05) is 13.8 Å². The first kappa shape index (κ1) is 11.1. The molecule has 2 N–H and O–H groups in total. The summed E-state index contributed by atoms with van der Waals surface area (Å²) in [6.07, 6.45) is 0. The SMILES string of the molecule is Cn1nnc(CNCC(C)(C)CO)n1. The smallest absolute Gasteiger partial charge is 0.188 e. The van der Waals surface area contributed by atoms with E-state index in [1.165, 1.54) is 4.80 Å². The summed E-state index contributed by atoms with van der Waals surface area (Å²) in [5.74, 6) is 0.668. The van der Waals surface area contributed by atoms with Gasteiger partial charge in [0.2, 0.25) is 0 Å². The van der Waals surface area contributed by atoms with E-state index in [1.54, 1.807) is 7.05 Å². The molecule has 0 radical (unpaired) electrons. The van der Waals surface area contributed by atoms with Gasteiger partial charge in [-0.15, -0.1) is 10.2 Å². The van der Waals surface area contributed by atoms with Crippen LogP contribution in [0.4, 0.5) is 0 Å². The number of rotatable bonds is 5. The zero-order chi connectivity index (χ0) is 10.6. The van der Waals surface area contributed by atoms with E-state index < -0.39 is 0 Å². The molecule has 0 unspecified atom stereocenters. The van der Waals surface area contributed by atoms with Crippen LogP contribution in [-0.2, 0) is 13.6 Å². The second-order valence-electron chi connectivity index (χ2n) is 4.12. The van der Waals surface area contributed by atoms with E-state index in [-0.39, 0.29) is 12.0 Å². The molecule has 0 aliphatic carbocycles. The van der Waals surface area contributed by atoms with Crippen LogP contribution in [0.25, 0.3) is 0 Å². The fraction of sp³-hybridized carbons (Fsp3) is 0.875. The molecule has 14 heavy (non-hydrogen) atoms. The second kappa shape index (κ2) is 4.47. The quantitative estimate of drug-likeness (QED) is 0.657. The van der Waals surface area contributed by atoms with Gasteiger partial charge in [-0.3, -0.25) is 0 Å². The average molecular weight is 199 g/mol. The lowest BCUT2D eigenvalue weighted by Gasteiger charge is -2.21. The van der Waals surface area contributed by atoms with Crippen LogP contribution in [-0.4, -0.2) is 38.5 Å². The molecule has 1 rings (SSSR count). The van der Waals surface area contributed by atoms with Crippen molar-refractivity contribution in [3.8, 4) is 0 Å². The molecule has 0 atom stereocenters. The monoisotopic (exact) mass is 199 g/mol. The molecular weight excluding hydrogens is 182 g/mol. The maximum absolute atomic E-state index is 9.01. The van der Waals surface area contributed by atoms with Crippen molar-refractivity contribution >= 4 is 0 Å². The molecule has 0 bridgehead atoms. The number of aromatic nitrogens is 4. The summed E-state index contributed by atoms with van der Waals surface area (Å²) < 4.78 is 0. The fourth-order valence-corrected chi connectivity index (χ4v) is 0.963. The number of nitrogens with one attached hydrogen (secondary N) is 1. The Hall–Kier alpha value is -1.01. The van der Waals surface area contributed by atoms with Crippen molar-refractivity contribution in [1.82, 2.24) is 25.5 Å². The highest BCUT2D eigenvalue weighted by molar-refractivity contribution is 4.77. The Bertz CT molecular complexity index is 283. The molecule has 0 amide bonds. The zero-order valence-corrected chi connectivity index (χ0v) is 8.86. The van der Waals surface area contributed by atoms with Crippen molar-refractivity contribution in [3.63, 3.8) is 0 Å². The summed E-state index contributed by atoms with van der Waals surface area (Å²) in [4.78, 5) is 1.42. The first-order valence-corrected chi connectivity index (χ1v) is 4.58. The molecule has 6 nitrogen and oxygen atoms in total. The van der Waals surface area contributed by atoms with Gasteiger partial charge in [-0.05, 0) is 5.21 Å². The molecule has 0 aliphatic rings. The largest absolute Gasteiger partial charge is 0.396 e. The molecule has 0 fully saturated rings. The van der Waals surface area contributed by atoms with Crippen molar-refractivity contribution in [1.29, 1.82) is 0 Å². The Labute approximate surface area is 83.3 Å². The molecule has 0 saturated heterocycles. The predicted molar refractivity (Wildman–Crippen MR) is 51.4 cm³/mol. The topological polar surface area (TPSA) is 75.9 Å². The Balaban J connectivity index is 2.28. The highest BCUT2D eigenvalue weighted by atomic mass is 16.3. The first-order valence-electron chi connectivity index (χ1n) is 4.58. The van der Waals surface area contributed by atoms with E-state index in [1.807, 2.05) is 13.8 Å². The second-order valence-corrected chi connectivity index (χ2v) is 4.12. The Kier molecular flexibility index (Phi) is 3.54. The van der Waals surface area contributed by atoms with Gasteiger partial charge in [-0.25, -0.2) is 0 Å². The Morgan fingerprint density at radius 1 is 1.50 bits per heavy atom. The van der Waals surface area contributed by atoms with Crippen molar-refractivity contribution in [2.24, 2.45) is 12.5 Å². The van der Waals surface area contributed by atoms with Crippen LogP contribution in [0.3, 0.4) is 0 Å². The minimum absolute atomic E-state index is 0.109. The number of aliphatic hydroxyl groups excluding tert-OH is 1. The summed E-state index contributed by atoms with van der Waals surface area (Å²) in [5, 5.41) is 23.8. The fourth-order valence-electron chi connectivity index (χ4n) is 0.963. The van der Waals surface area contributed by atoms with Crippen LogP contribution in [0, 0.1) is 5.41 Å². The van der Waals surface area contributed by atoms with Gasteiger partial charge in [0.25, 0.3) is 0 Å². The molecule has 0 aromatic carbocycles. The van der Waals surface area contributed by atoms with Crippen LogP contribution in [0.2, 0.25) is 0 Å². The highest BCUT2D eigenvalue weighted by Crippen LogP contribution is 2.11. The van der Waals surface area contributed by atoms with E-state index in [2.05, 4.69) is 20.7 Å². The third-order valence-electron chi connectivity index (χ3n) is 1.86. The third kappa shape index (κ3) is 3.39. The minimum atomic E-state index is -0.109. The molecule has 80 valence electrons. The zero-order valence-electron chi connectivity index (χ0n) is 8.86. The number of hydrogen-bond donors (Lipinski definition) is 2. The van der Waals surface area contributed by atoms with Gasteiger partial charge in [0.15, 0.2) is 5.82 Å². The first-order chi connectivity index (χ1) is 6.53. The summed E-state index contributed by atoms with van der Waals surface area (Å²) in [7, 11) is 1.73. The van der Waals surface area contributed by atoms with Crippen LogP contribution in [0.1, 0.15) is 19.7 Å². The minimum Gasteiger partial charge on any atom is -0.396 e. The molecule has 1 heterocycles. The van der Waals surface area contributed by atoms with Crippen LogP contribution in [0.5, 0.6) is 0 Å². The molecule has 0 aliphatic heterocycles. The number of hydrogen-bond acceptors (Lipinski definition) is 5. The highest BCUT2D eigenvalue weighted by Gasteiger charge is 2.15. The standard InChI is InChI=1S/C8H17N5O/c1-8(2,6-14)5-9-4-7-10-12-13(3)11-7/h9,14H,4-6H2,1-3H3. The maximum Gasteiger partial charge on any atom is 0.188 e.